The van der Waals surface area contributed by atoms with Crippen molar-refractivity contribution in [2.24, 2.45) is 0 Å². The van der Waals surface area contributed by atoms with Crippen LogP contribution in [0.15, 0.2) is 65.6 Å². The van der Waals surface area contributed by atoms with Gasteiger partial charge in [-0.15, -0.1) is 0 Å². The number of hydrogen-bond donors (Lipinski definition) is 0. The molecule has 1 aliphatic rings. The van der Waals surface area contributed by atoms with Gasteiger partial charge in [0.25, 0.3) is 0 Å². The summed E-state index contributed by atoms with van der Waals surface area (Å²) in [7, 11) is -1.04. The van der Waals surface area contributed by atoms with E-state index in [9.17, 15) is 4.21 Å². The molecule has 17 heavy (non-hydrogen) atoms. The van der Waals surface area contributed by atoms with Crippen LogP contribution in [-0.4, -0.2) is 4.21 Å². The zero-order valence-corrected chi connectivity index (χ0v) is 10.1. The summed E-state index contributed by atoms with van der Waals surface area (Å²) in [6.45, 7) is 0. The molecule has 0 aliphatic carbocycles. The molecule has 2 aromatic carbocycles. The van der Waals surface area contributed by atoms with Crippen LogP contribution < -0.4 is 0 Å². The zero-order valence-electron chi connectivity index (χ0n) is 9.30. The summed E-state index contributed by atoms with van der Waals surface area (Å²) in [6, 6.07) is 17.9. The maximum absolute atomic E-state index is 12.5. The highest BCUT2D eigenvalue weighted by Gasteiger charge is 2.19. The minimum Gasteiger partial charge on any atom is -0.249 e. The summed E-state index contributed by atoms with van der Waals surface area (Å²) >= 11 is 0. The van der Waals surface area contributed by atoms with Crippen molar-refractivity contribution >= 4 is 15.7 Å². The molecule has 0 N–H and O–H groups in total. The van der Waals surface area contributed by atoms with E-state index in [1.54, 1.807) is 0 Å². The molecular formula is C15H12OS. The van der Waals surface area contributed by atoms with Crippen LogP contribution in [0.25, 0.3) is 4.91 Å². The van der Waals surface area contributed by atoms with Gasteiger partial charge in [0.15, 0.2) is 0 Å². The van der Waals surface area contributed by atoms with Gasteiger partial charge >= 0.3 is 0 Å². The lowest BCUT2D eigenvalue weighted by Gasteiger charge is -2.16. The van der Waals surface area contributed by atoms with Crippen LogP contribution in [0.1, 0.15) is 11.1 Å². The third-order valence-electron chi connectivity index (χ3n) is 2.94. The Morgan fingerprint density at radius 1 is 0.882 bits per heavy atom. The highest BCUT2D eigenvalue weighted by atomic mass is 32.2. The molecule has 0 spiro atoms. The molecule has 84 valence electrons. The lowest BCUT2D eigenvalue weighted by atomic mass is 10.1. The van der Waals surface area contributed by atoms with Crippen molar-refractivity contribution in [3.63, 3.8) is 0 Å². The van der Waals surface area contributed by atoms with Crippen molar-refractivity contribution in [2.45, 2.75) is 11.3 Å². The number of fused-ring (bicyclic) bond motifs is 1. The van der Waals surface area contributed by atoms with Crippen molar-refractivity contribution in [3.8, 4) is 0 Å². The van der Waals surface area contributed by atoms with E-state index in [1.165, 1.54) is 5.56 Å². The molecule has 0 saturated carbocycles. The van der Waals surface area contributed by atoms with Crippen molar-refractivity contribution in [1.82, 2.24) is 0 Å². The fourth-order valence-electron chi connectivity index (χ4n) is 2.08. The monoisotopic (exact) mass is 240 g/mol. The number of allylic oxidation sites excluding steroid dienone is 1. The lowest BCUT2D eigenvalue weighted by molar-refractivity contribution is 0.687. The quantitative estimate of drug-likeness (QED) is 0.746. The second-order valence-electron chi connectivity index (χ2n) is 4.01. The minimum atomic E-state index is -1.04. The van der Waals surface area contributed by atoms with Gasteiger partial charge in [-0.2, -0.15) is 0 Å². The van der Waals surface area contributed by atoms with Crippen LogP contribution in [0.5, 0.6) is 0 Å². The van der Waals surface area contributed by atoms with Gasteiger partial charge in [0, 0.05) is 9.80 Å². The molecule has 3 rings (SSSR count). The van der Waals surface area contributed by atoms with Crippen molar-refractivity contribution in [3.05, 3.63) is 71.8 Å². The molecule has 1 heterocycles. The summed E-state index contributed by atoms with van der Waals surface area (Å²) < 4.78 is 12.5. The average Bonchev–Trinajstić information content (AvgIpc) is 2.40. The van der Waals surface area contributed by atoms with E-state index in [1.807, 2.05) is 54.6 Å². The molecule has 2 heteroatoms. The molecule has 1 unspecified atom stereocenters. The third-order valence-corrected chi connectivity index (χ3v) is 4.54. The highest BCUT2D eigenvalue weighted by Crippen LogP contribution is 2.31. The van der Waals surface area contributed by atoms with Gasteiger partial charge in [-0.25, -0.2) is 4.21 Å². The standard InChI is InChI=1S/C15H12OS/c16-17-14-9-5-4-8-13(14)10-11-15(17)12-6-2-1-3-7-12/h1-9,11H,10H2. The predicted molar refractivity (Wildman–Crippen MR) is 71.0 cm³/mol. The van der Waals surface area contributed by atoms with E-state index >= 15 is 0 Å². The lowest BCUT2D eigenvalue weighted by Crippen LogP contribution is -2.05. The molecule has 1 aliphatic heterocycles. The van der Waals surface area contributed by atoms with Crippen molar-refractivity contribution in [1.29, 1.82) is 0 Å². The molecule has 1 nitrogen and oxygen atoms in total. The Balaban J connectivity index is 2.07. The Labute approximate surface area is 103 Å². The molecular weight excluding hydrogens is 228 g/mol. The van der Waals surface area contributed by atoms with Crippen LogP contribution in [0.3, 0.4) is 0 Å². The Kier molecular flexibility index (Phi) is 2.65. The van der Waals surface area contributed by atoms with Gasteiger partial charge in [-0.05, 0) is 23.6 Å². The van der Waals surface area contributed by atoms with Crippen LogP contribution >= 0.6 is 0 Å². The van der Waals surface area contributed by atoms with E-state index < -0.39 is 10.8 Å². The first-order chi connectivity index (χ1) is 8.36. The maximum Gasteiger partial charge on any atom is 0.0855 e. The van der Waals surface area contributed by atoms with Gasteiger partial charge in [0.2, 0.25) is 0 Å². The van der Waals surface area contributed by atoms with Gasteiger partial charge in [0.1, 0.15) is 0 Å². The molecule has 0 radical (unpaired) electrons. The Morgan fingerprint density at radius 2 is 1.59 bits per heavy atom. The third kappa shape index (κ3) is 1.85. The van der Waals surface area contributed by atoms with E-state index in [4.69, 9.17) is 0 Å². The van der Waals surface area contributed by atoms with Crippen LogP contribution in [0.4, 0.5) is 0 Å². The predicted octanol–water partition coefficient (Wildman–Crippen LogP) is 3.39. The second-order valence-corrected chi connectivity index (χ2v) is 5.43. The number of hydrogen-bond acceptors (Lipinski definition) is 1. The van der Waals surface area contributed by atoms with E-state index in [0.29, 0.717) is 0 Å². The normalized spacial score (nSPS) is 18.4. The molecule has 2 aromatic rings. The molecule has 0 aromatic heterocycles. The first kappa shape index (κ1) is 10.5. The van der Waals surface area contributed by atoms with Crippen molar-refractivity contribution in [2.75, 3.05) is 0 Å². The molecule has 1 atom stereocenters. The SMILES string of the molecule is O=S1C(c2ccccc2)=CCc2ccccc21. The molecule has 0 fully saturated rings. The zero-order chi connectivity index (χ0) is 11.7. The van der Waals surface area contributed by atoms with Gasteiger partial charge in [0.05, 0.1) is 10.8 Å². The average molecular weight is 240 g/mol. The topological polar surface area (TPSA) is 17.1 Å². The van der Waals surface area contributed by atoms with E-state index in [0.717, 1.165) is 21.8 Å². The molecule has 0 amide bonds. The largest absolute Gasteiger partial charge is 0.249 e. The molecule has 0 bridgehead atoms. The van der Waals surface area contributed by atoms with Gasteiger partial charge in [-0.1, -0.05) is 54.6 Å². The van der Waals surface area contributed by atoms with E-state index in [-0.39, 0.29) is 0 Å². The number of rotatable bonds is 1. The van der Waals surface area contributed by atoms with Crippen LogP contribution in [0, 0.1) is 0 Å². The second kappa shape index (κ2) is 4.30. The summed E-state index contributed by atoms with van der Waals surface area (Å²) in [6.07, 6.45) is 2.94. The fraction of sp³-hybridized carbons (Fsp3) is 0.0667. The van der Waals surface area contributed by atoms with Crippen molar-refractivity contribution < 1.29 is 4.21 Å². The summed E-state index contributed by atoms with van der Waals surface area (Å²) in [5.74, 6) is 0. The van der Waals surface area contributed by atoms with Gasteiger partial charge < -0.3 is 0 Å². The maximum atomic E-state index is 12.5. The smallest absolute Gasteiger partial charge is 0.0855 e. The summed E-state index contributed by atoms with van der Waals surface area (Å²) in [5, 5.41) is 0. The minimum absolute atomic E-state index is 0.867. The number of benzene rings is 2. The van der Waals surface area contributed by atoms with Crippen LogP contribution in [-0.2, 0) is 17.2 Å². The first-order valence-corrected chi connectivity index (χ1v) is 6.76. The van der Waals surface area contributed by atoms with Crippen LogP contribution in [0.2, 0.25) is 0 Å². The Hall–Kier alpha value is -1.67. The summed E-state index contributed by atoms with van der Waals surface area (Å²) in [5.41, 5.74) is 2.23. The Bertz CT molecular complexity index is 599. The highest BCUT2D eigenvalue weighted by molar-refractivity contribution is 7.94. The first-order valence-electron chi connectivity index (χ1n) is 5.61. The fourth-order valence-corrected chi connectivity index (χ4v) is 3.49. The van der Waals surface area contributed by atoms with E-state index in [2.05, 4.69) is 6.08 Å². The summed E-state index contributed by atoms with van der Waals surface area (Å²) in [4.78, 5) is 1.89. The Morgan fingerprint density at radius 3 is 2.41 bits per heavy atom. The van der Waals surface area contributed by atoms with Gasteiger partial charge in [-0.3, -0.25) is 0 Å². The molecule has 0 saturated heterocycles.